The van der Waals surface area contributed by atoms with Crippen LogP contribution in [0.15, 0.2) is 6.07 Å². The summed E-state index contributed by atoms with van der Waals surface area (Å²) in [5, 5.41) is 3.43. The zero-order chi connectivity index (χ0) is 13.8. The molecule has 2 heterocycles. The molecule has 0 aromatic carbocycles. The maximum Gasteiger partial charge on any atom is 0.131 e. The van der Waals surface area contributed by atoms with Crippen LogP contribution in [0.3, 0.4) is 0 Å². The third-order valence-electron chi connectivity index (χ3n) is 3.80. The zero-order valence-corrected chi connectivity index (χ0v) is 12.5. The van der Waals surface area contributed by atoms with E-state index in [4.69, 9.17) is 17.0 Å². The summed E-state index contributed by atoms with van der Waals surface area (Å²) in [7, 11) is 0. The highest BCUT2D eigenvalue weighted by Gasteiger charge is 2.26. The van der Waals surface area contributed by atoms with E-state index < -0.39 is 0 Å². The largest absolute Gasteiger partial charge is 0.379 e. The number of hydrogen-bond acceptors (Lipinski definition) is 5. The van der Waals surface area contributed by atoms with Gasteiger partial charge in [0.15, 0.2) is 0 Å². The Morgan fingerprint density at radius 3 is 2.95 bits per heavy atom. The summed E-state index contributed by atoms with van der Waals surface area (Å²) in [6.07, 6.45) is 3.60. The summed E-state index contributed by atoms with van der Waals surface area (Å²) >= 11 is 5.22. The molecule has 3 rings (SSSR count). The lowest BCUT2D eigenvalue weighted by molar-refractivity contribution is 0.0378. The van der Waals surface area contributed by atoms with E-state index in [0.717, 1.165) is 57.5 Å². The average molecular weight is 294 g/mol. The van der Waals surface area contributed by atoms with Crippen LogP contribution < -0.4 is 5.32 Å². The quantitative estimate of drug-likeness (QED) is 0.622. The Hall–Kier alpha value is -0.980. The average Bonchev–Trinajstić information content (AvgIpc) is 3.29. The first-order valence-electron chi connectivity index (χ1n) is 7.46. The van der Waals surface area contributed by atoms with Gasteiger partial charge in [-0.05, 0) is 25.8 Å². The fraction of sp³-hybridized carbons (Fsp3) is 0.714. The fourth-order valence-electron chi connectivity index (χ4n) is 2.47. The molecule has 6 heteroatoms. The number of ether oxygens (including phenoxy) is 1. The Morgan fingerprint density at radius 1 is 1.40 bits per heavy atom. The van der Waals surface area contributed by atoms with E-state index >= 15 is 0 Å². The Balaban J connectivity index is 1.44. The van der Waals surface area contributed by atoms with Gasteiger partial charge in [0.1, 0.15) is 16.3 Å². The second kappa shape index (κ2) is 6.65. The topological polar surface area (TPSA) is 53.2 Å². The smallest absolute Gasteiger partial charge is 0.131 e. The van der Waals surface area contributed by atoms with Crippen molar-refractivity contribution >= 4 is 18.0 Å². The monoisotopic (exact) mass is 294 g/mol. The second-order valence-corrected chi connectivity index (χ2v) is 5.95. The molecule has 110 valence electrons. The highest BCUT2D eigenvalue weighted by molar-refractivity contribution is 7.71. The first-order chi connectivity index (χ1) is 9.81. The summed E-state index contributed by atoms with van der Waals surface area (Å²) in [6.45, 7) is 5.94. The van der Waals surface area contributed by atoms with Crippen LogP contribution in [0, 0.1) is 4.64 Å². The minimum absolute atomic E-state index is 0.604. The molecule has 1 aromatic rings. The minimum atomic E-state index is 0.604. The number of nitrogens with zero attached hydrogens (tertiary/aromatic N) is 2. The van der Waals surface area contributed by atoms with Crippen LogP contribution in [0.25, 0.3) is 0 Å². The molecule has 1 aromatic heterocycles. The third-order valence-corrected chi connectivity index (χ3v) is 4.00. The molecule has 0 amide bonds. The first-order valence-corrected chi connectivity index (χ1v) is 7.87. The van der Waals surface area contributed by atoms with Crippen molar-refractivity contribution in [1.29, 1.82) is 0 Å². The summed E-state index contributed by atoms with van der Waals surface area (Å²) in [5.41, 5.74) is 0. The van der Waals surface area contributed by atoms with Crippen molar-refractivity contribution in [2.45, 2.75) is 25.2 Å². The van der Waals surface area contributed by atoms with Crippen molar-refractivity contribution in [3.8, 4) is 0 Å². The third kappa shape index (κ3) is 4.01. The van der Waals surface area contributed by atoms with E-state index in [-0.39, 0.29) is 0 Å². The molecular weight excluding hydrogens is 272 g/mol. The summed E-state index contributed by atoms with van der Waals surface area (Å²) in [4.78, 5) is 10.2. The Kier molecular flexibility index (Phi) is 4.65. The van der Waals surface area contributed by atoms with Gasteiger partial charge in [-0.2, -0.15) is 0 Å². The highest BCUT2D eigenvalue weighted by Crippen LogP contribution is 2.38. The van der Waals surface area contributed by atoms with Crippen molar-refractivity contribution in [3.63, 3.8) is 0 Å². The molecule has 0 atom stereocenters. The van der Waals surface area contributed by atoms with Gasteiger partial charge in [-0.15, -0.1) is 0 Å². The maximum atomic E-state index is 5.35. The molecular formula is C14H22N4OS. The van der Waals surface area contributed by atoms with Gasteiger partial charge in [-0.3, -0.25) is 4.90 Å². The standard InChI is InChI=1S/C14H22N4OS/c20-13-10-12(16-14(17-13)11-2-3-11)15-4-1-5-18-6-8-19-9-7-18/h10-11H,1-9H2,(H2,15,16,17,20). The van der Waals surface area contributed by atoms with Crippen LogP contribution >= 0.6 is 12.2 Å². The van der Waals surface area contributed by atoms with Crippen molar-refractivity contribution in [3.05, 3.63) is 16.5 Å². The lowest BCUT2D eigenvalue weighted by Crippen LogP contribution is -2.37. The highest BCUT2D eigenvalue weighted by atomic mass is 32.1. The number of anilines is 1. The lowest BCUT2D eigenvalue weighted by atomic mass is 10.3. The normalized spacial score (nSPS) is 20.0. The number of nitrogens with one attached hydrogen (secondary N) is 2. The van der Waals surface area contributed by atoms with Gasteiger partial charge in [0.25, 0.3) is 0 Å². The SMILES string of the molecule is S=c1cc(NCCCN2CCOCC2)[nH]c(C2CC2)n1. The molecule has 2 N–H and O–H groups in total. The van der Waals surface area contributed by atoms with Gasteiger partial charge >= 0.3 is 0 Å². The van der Waals surface area contributed by atoms with Crippen LogP contribution in [-0.4, -0.2) is 54.3 Å². The van der Waals surface area contributed by atoms with Crippen LogP contribution in [0.2, 0.25) is 0 Å². The predicted octanol–water partition coefficient (Wildman–Crippen LogP) is 2.15. The van der Waals surface area contributed by atoms with Gasteiger partial charge in [-0.1, -0.05) is 12.2 Å². The minimum Gasteiger partial charge on any atom is -0.379 e. The number of H-pyrrole nitrogens is 1. The molecule has 1 saturated heterocycles. The van der Waals surface area contributed by atoms with E-state index in [2.05, 4.69) is 20.2 Å². The van der Waals surface area contributed by atoms with E-state index in [9.17, 15) is 0 Å². The molecule has 2 fully saturated rings. The predicted molar refractivity (Wildman–Crippen MR) is 81.8 cm³/mol. The van der Waals surface area contributed by atoms with E-state index in [1.165, 1.54) is 12.8 Å². The summed E-state index contributed by atoms with van der Waals surface area (Å²) in [5.74, 6) is 2.66. The Morgan fingerprint density at radius 2 is 2.20 bits per heavy atom. The van der Waals surface area contributed by atoms with Crippen molar-refractivity contribution < 1.29 is 4.74 Å². The summed E-state index contributed by atoms with van der Waals surface area (Å²) in [6, 6.07) is 1.91. The summed E-state index contributed by atoms with van der Waals surface area (Å²) < 4.78 is 6.03. The molecule has 5 nitrogen and oxygen atoms in total. The van der Waals surface area contributed by atoms with E-state index in [0.29, 0.717) is 10.6 Å². The molecule has 0 bridgehead atoms. The van der Waals surface area contributed by atoms with Gasteiger partial charge in [0, 0.05) is 31.6 Å². The molecule has 20 heavy (non-hydrogen) atoms. The van der Waals surface area contributed by atoms with Crippen LogP contribution in [0.1, 0.15) is 31.0 Å². The fourth-order valence-corrected chi connectivity index (χ4v) is 2.69. The lowest BCUT2D eigenvalue weighted by Gasteiger charge is -2.26. The number of rotatable bonds is 6. The number of morpholine rings is 1. The number of aromatic amines is 1. The molecule has 1 aliphatic carbocycles. The zero-order valence-electron chi connectivity index (χ0n) is 11.7. The maximum absolute atomic E-state index is 5.35. The number of hydrogen-bond donors (Lipinski definition) is 2. The van der Waals surface area contributed by atoms with E-state index in [1.807, 2.05) is 6.07 Å². The van der Waals surface area contributed by atoms with Gasteiger partial charge in [0.05, 0.1) is 13.2 Å². The van der Waals surface area contributed by atoms with Gasteiger partial charge in [-0.25, -0.2) is 4.98 Å². The van der Waals surface area contributed by atoms with Gasteiger partial charge < -0.3 is 15.0 Å². The van der Waals surface area contributed by atoms with Crippen LogP contribution in [0.4, 0.5) is 5.82 Å². The molecule has 1 saturated carbocycles. The molecule has 0 unspecified atom stereocenters. The van der Waals surface area contributed by atoms with Gasteiger partial charge in [0.2, 0.25) is 0 Å². The molecule has 0 spiro atoms. The Bertz CT molecular complexity index is 494. The molecule has 1 aliphatic heterocycles. The van der Waals surface area contributed by atoms with Crippen LogP contribution in [-0.2, 0) is 4.74 Å². The van der Waals surface area contributed by atoms with Crippen LogP contribution in [0.5, 0.6) is 0 Å². The molecule has 2 aliphatic rings. The van der Waals surface area contributed by atoms with Crippen molar-refractivity contribution in [1.82, 2.24) is 14.9 Å². The number of aromatic nitrogens is 2. The first kappa shape index (κ1) is 14.0. The van der Waals surface area contributed by atoms with E-state index in [1.54, 1.807) is 0 Å². The van der Waals surface area contributed by atoms with Crippen molar-refractivity contribution in [2.24, 2.45) is 0 Å². The second-order valence-electron chi connectivity index (χ2n) is 5.53. The molecule has 0 radical (unpaired) electrons. The van der Waals surface area contributed by atoms with Crippen molar-refractivity contribution in [2.75, 3.05) is 44.7 Å². The Labute approximate surface area is 124 Å².